The van der Waals surface area contributed by atoms with Crippen LogP contribution in [0.25, 0.3) is 38.8 Å². The molecule has 0 spiro atoms. The van der Waals surface area contributed by atoms with Gasteiger partial charge in [0.2, 0.25) is 5.88 Å². The number of nitrogens with zero attached hydrogens (tertiary/aromatic N) is 4. The first kappa shape index (κ1) is 23.4. The molecule has 7 rings (SSSR count). The minimum atomic E-state index is 0. The molecular weight excluding hydrogens is 639 g/mol. The quantitative estimate of drug-likeness (QED) is 0.190. The third kappa shape index (κ3) is 4.30. The van der Waals surface area contributed by atoms with E-state index in [2.05, 4.69) is 75.1 Å². The van der Waals surface area contributed by atoms with E-state index in [4.69, 9.17) is 9.72 Å². The van der Waals surface area contributed by atoms with Crippen LogP contribution >= 0.6 is 0 Å². The van der Waals surface area contributed by atoms with Crippen LogP contribution in [0.1, 0.15) is 6.42 Å². The normalized spacial score (nSPS) is 12.8. The molecule has 1 aliphatic rings. The minimum Gasteiger partial charge on any atom is -0.460 e. The number of pyridine rings is 2. The molecule has 0 saturated carbocycles. The molecule has 6 aromatic rings. The van der Waals surface area contributed by atoms with E-state index in [9.17, 15) is 0 Å². The molecule has 5 nitrogen and oxygen atoms in total. The van der Waals surface area contributed by atoms with Gasteiger partial charge in [-0.2, -0.15) is 24.3 Å². The van der Waals surface area contributed by atoms with Gasteiger partial charge in [0.15, 0.2) is 0 Å². The van der Waals surface area contributed by atoms with Crippen LogP contribution < -0.4 is 9.64 Å². The molecule has 0 radical (unpaired) electrons. The van der Waals surface area contributed by atoms with Crippen molar-refractivity contribution >= 4 is 27.5 Å². The molecule has 1 aliphatic heterocycles. The van der Waals surface area contributed by atoms with Crippen LogP contribution in [0, 0.1) is 12.1 Å². The first-order chi connectivity index (χ1) is 17.8. The molecule has 0 bridgehead atoms. The summed E-state index contributed by atoms with van der Waals surface area (Å²) in [6.45, 7) is 2.19. The number of fused-ring (bicyclic) bond motifs is 3. The van der Waals surface area contributed by atoms with E-state index in [1.54, 1.807) is 6.20 Å². The predicted octanol–water partition coefficient (Wildman–Crippen LogP) is 6.84. The fraction of sp³-hybridized carbons (Fsp3) is 0.0968. The summed E-state index contributed by atoms with van der Waals surface area (Å²) in [6, 6.07) is 35.5. The summed E-state index contributed by atoms with van der Waals surface area (Å²) < 4.78 is 8.13. The Morgan fingerprint density at radius 3 is 2.43 bits per heavy atom. The van der Waals surface area contributed by atoms with Crippen LogP contribution in [0.4, 0.5) is 5.69 Å². The van der Waals surface area contributed by atoms with E-state index < -0.39 is 0 Å². The summed E-state index contributed by atoms with van der Waals surface area (Å²) in [5.41, 5.74) is 5.17. The maximum absolute atomic E-state index is 5.92. The maximum atomic E-state index is 5.92. The SMILES string of the molecule is [Pt+2].[c-]1c(Oc2ccccn2)cccc1-c1[c-]c2c(cc1)c1ccccc1n2-c1cc(N2CCC2)ccn1. The molecule has 0 aliphatic carbocycles. The van der Waals surface area contributed by atoms with Crippen LogP contribution in [0.5, 0.6) is 11.6 Å². The molecule has 6 heteroatoms. The van der Waals surface area contributed by atoms with Gasteiger partial charge in [-0.15, -0.1) is 18.2 Å². The Kier molecular flexibility index (Phi) is 6.23. The molecule has 182 valence electrons. The molecular formula is C31H22N4OPt. The summed E-state index contributed by atoms with van der Waals surface area (Å²) >= 11 is 0. The number of benzene rings is 3. The van der Waals surface area contributed by atoms with Crippen molar-refractivity contribution in [2.45, 2.75) is 6.42 Å². The van der Waals surface area contributed by atoms with Crippen LogP contribution in [-0.2, 0) is 21.1 Å². The summed E-state index contributed by atoms with van der Waals surface area (Å²) in [7, 11) is 0. The number of anilines is 1. The van der Waals surface area contributed by atoms with Crippen LogP contribution in [0.15, 0.2) is 97.3 Å². The van der Waals surface area contributed by atoms with Crippen molar-refractivity contribution in [3.05, 3.63) is 109 Å². The average Bonchev–Trinajstić information content (AvgIpc) is 3.22. The second-order valence-corrected chi connectivity index (χ2v) is 8.90. The predicted molar refractivity (Wildman–Crippen MR) is 143 cm³/mol. The van der Waals surface area contributed by atoms with E-state index in [1.165, 1.54) is 17.5 Å². The molecule has 3 aromatic carbocycles. The van der Waals surface area contributed by atoms with Gasteiger partial charge >= 0.3 is 21.1 Å². The Morgan fingerprint density at radius 2 is 1.59 bits per heavy atom. The standard InChI is InChI=1S/C31H22N4O.Pt/c1-2-10-28-26(9-1)27-13-12-23(22-7-5-8-25(19-22)36-31-11-3-4-15-33-31)20-29(27)35(28)30-21-24(14-16-32-30)34-17-6-18-34;/h1-5,7-16,21H,6,17-18H2;/q-2;+2. The second-order valence-electron chi connectivity index (χ2n) is 8.90. The van der Waals surface area contributed by atoms with Crippen molar-refractivity contribution in [1.82, 2.24) is 14.5 Å². The van der Waals surface area contributed by atoms with Gasteiger partial charge < -0.3 is 14.2 Å². The summed E-state index contributed by atoms with van der Waals surface area (Å²) in [5.74, 6) is 2.05. The Morgan fingerprint density at radius 1 is 0.730 bits per heavy atom. The Hall–Kier alpha value is -3.95. The molecule has 0 amide bonds. The molecule has 37 heavy (non-hydrogen) atoms. The average molecular weight is 662 g/mol. The van der Waals surface area contributed by atoms with Crippen LogP contribution in [-0.4, -0.2) is 27.6 Å². The Balaban J connectivity index is 0.00000252. The van der Waals surface area contributed by atoms with Gasteiger partial charge in [-0.25, -0.2) is 21.1 Å². The molecule has 0 unspecified atom stereocenters. The van der Waals surface area contributed by atoms with E-state index in [0.29, 0.717) is 11.6 Å². The van der Waals surface area contributed by atoms with Gasteiger partial charge in [-0.3, -0.25) is 0 Å². The minimum absolute atomic E-state index is 0. The zero-order chi connectivity index (χ0) is 23.9. The monoisotopic (exact) mass is 661 g/mol. The van der Waals surface area contributed by atoms with Crippen molar-refractivity contribution < 1.29 is 25.8 Å². The van der Waals surface area contributed by atoms with Gasteiger partial charge in [0, 0.05) is 54.6 Å². The number of hydrogen-bond donors (Lipinski definition) is 0. The molecule has 3 aromatic heterocycles. The first-order valence-corrected chi connectivity index (χ1v) is 12.1. The van der Waals surface area contributed by atoms with Gasteiger partial charge in [0.1, 0.15) is 5.82 Å². The second kappa shape index (κ2) is 9.83. The Bertz CT molecular complexity index is 1710. The van der Waals surface area contributed by atoms with Crippen molar-refractivity contribution in [3.8, 4) is 28.6 Å². The molecule has 4 heterocycles. The number of rotatable bonds is 5. The summed E-state index contributed by atoms with van der Waals surface area (Å²) in [5, 5.41) is 2.33. The molecule has 0 N–H and O–H groups in total. The zero-order valence-electron chi connectivity index (χ0n) is 19.9. The van der Waals surface area contributed by atoms with Gasteiger partial charge in [-0.1, -0.05) is 29.7 Å². The van der Waals surface area contributed by atoms with Gasteiger partial charge in [-0.05, 0) is 35.5 Å². The smallest absolute Gasteiger partial charge is 0.460 e. The number of para-hydroxylation sites is 1. The maximum Gasteiger partial charge on any atom is 2.00 e. The van der Waals surface area contributed by atoms with E-state index >= 15 is 0 Å². The summed E-state index contributed by atoms with van der Waals surface area (Å²) in [4.78, 5) is 11.4. The summed E-state index contributed by atoms with van der Waals surface area (Å²) in [6.07, 6.45) is 4.86. The van der Waals surface area contributed by atoms with E-state index in [0.717, 1.165) is 46.5 Å². The largest absolute Gasteiger partial charge is 2.00 e. The number of ether oxygens (including phenoxy) is 1. The van der Waals surface area contributed by atoms with Crippen LogP contribution in [0.2, 0.25) is 0 Å². The Labute approximate surface area is 229 Å². The van der Waals surface area contributed by atoms with Crippen molar-refractivity contribution in [1.29, 1.82) is 0 Å². The third-order valence-corrected chi connectivity index (χ3v) is 6.67. The number of hydrogen-bond acceptors (Lipinski definition) is 4. The molecule has 0 atom stereocenters. The van der Waals surface area contributed by atoms with Crippen molar-refractivity contribution in [2.75, 3.05) is 18.0 Å². The molecule has 1 fully saturated rings. The van der Waals surface area contributed by atoms with Gasteiger partial charge in [0.25, 0.3) is 0 Å². The third-order valence-electron chi connectivity index (χ3n) is 6.67. The number of aromatic nitrogens is 3. The molecule has 1 saturated heterocycles. The topological polar surface area (TPSA) is 43.2 Å². The zero-order valence-corrected chi connectivity index (χ0v) is 22.1. The van der Waals surface area contributed by atoms with E-state index in [1.807, 2.05) is 42.6 Å². The first-order valence-electron chi connectivity index (χ1n) is 12.1. The fourth-order valence-electron chi connectivity index (χ4n) is 4.77. The van der Waals surface area contributed by atoms with E-state index in [-0.39, 0.29) is 21.1 Å². The fourth-order valence-corrected chi connectivity index (χ4v) is 4.77. The van der Waals surface area contributed by atoms with Crippen LogP contribution in [0.3, 0.4) is 0 Å². The van der Waals surface area contributed by atoms with Crippen molar-refractivity contribution in [3.63, 3.8) is 0 Å². The van der Waals surface area contributed by atoms with Gasteiger partial charge in [0.05, 0.1) is 0 Å². The van der Waals surface area contributed by atoms with Crippen molar-refractivity contribution in [2.24, 2.45) is 0 Å².